The highest BCUT2D eigenvalue weighted by Crippen LogP contribution is 2.42. The Labute approximate surface area is 177 Å². The first-order valence-electron chi connectivity index (χ1n) is 10.2. The fourth-order valence-corrected chi connectivity index (χ4v) is 3.78. The number of ether oxygens (including phenoxy) is 4. The topological polar surface area (TPSA) is 66.4 Å². The van der Waals surface area contributed by atoms with Gasteiger partial charge in [0.15, 0.2) is 11.5 Å². The SMILES string of the molecule is COCCCOc1cc(CC2(N=C=O)CC(OCc3ccccc3)C2)ccc1OC. The Morgan fingerprint density at radius 2 is 1.83 bits per heavy atom. The van der Waals surface area contributed by atoms with Crippen LogP contribution in [0.1, 0.15) is 30.4 Å². The maximum absolute atomic E-state index is 11.1. The smallest absolute Gasteiger partial charge is 0.235 e. The van der Waals surface area contributed by atoms with E-state index in [9.17, 15) is 4.79 Å². The number of benzene rings is 2. The minimum Gasteiger partial charge on any atom is -0.493 e. The summed E-state index contributed by atoms with van der Waals surface area (Å²) < 4.78 is 22.3. The second-order valence-corrected chi connectivity index (χ2v) is 7.61. The van der Waals surface area contributed by atoms with Crippen LogP contribution in [0, 0.1) is 0 Å². The van der Waals surface area contributed by atoms with Gasteiger partial charge >= 0.3 is 0 Å². The van der Waals surface area contributed by atoms with Gasteiger partial charge in [0.1, 0.15) is 0 Å². The van der Waals surface area contributed by atoms with Crippen molar-refractivity contribution in [3.63, 3.8) is 0 Å². The zero-order valence-electron chi connectivity index (χ0n) is 17.6. The summed E-state index contributed by atoms with van der Waals surface area (Å²) >= 11 is 0. The summed E-state index contributed by atoms with van der Waals surface area (Å²) in [5, 5.41) is 0. The molecule has 160 valence electrons. The van der Waals surface area contributed by atoms with E-state index in [4.69, 9.17) is 18.9 Å². The van der Waals surface area contributed by atoms with Gasteiger partial charge in [-0.3, -0.25) is 0 Å². The van der Waals surface area contributed by atoms with Crippen molar-refractivity contribution in [3.05, 3.63) is 59.7 Å². The zero-order valence-corrected chi connectivity index (χ0v) is 17.6. The average Bonchev–Trinajstić information content (AvgIpc) is 2.74. The Bertz CT molecular complexity index is 842. The molecule has 0 radical (unpaired) electrons. The van der Waals surface area contributed by atoms with E-state index in [1.54, 1.807) is 20.3 Å². The molecule has 0 aromatic heterocycles. The molecule has 0 aliphatic heterocycles. The monoisotopic (exact) mass is 411 g/mol. The van der Waals surface area contributed by atoms with Crippen LogP contribution < -0.4 is 9.47 Å². The predicted molar refractivity (Wildman–Crippen MR) is 114 cm³/mol. The molecule has 0 unspecified atom stereocenters. The lowest BCUT2D eigenvalue weighted by molar-refractivity contribution is -0.0505. The highest BCUT2D eigenvalue weighted by molar-refractivity contribution is 5.44. The van der Waals surface area contributed by atoms with Gasteiger partial charge in [0.25, 0.3) is 0 Å². The van der Waals surface area contributed by atoms with Crippen LogP contribution in [-0.2, 0) is 27.3 Å². The highest BCUT2D eigenvalue weighted by atomic mass is 16.5. The minimum absolute atomic E-state index is 0.0883. The van der Waals surface area contributed by atoms with Gasteiger partial charge in [-0.2, -0.15) is 4.99 Å². The van der Waals surface area contributed by atoms with Gasteiger partial charge in [-0.25, -0.2) is 4.79 Å². The Morgan fingerprint density at radius 1 is 1.03 bits per heavy atom. The van der Waals surface area contributed by atoms with Crippen LogP contribution in [0.4, 0.5) is 0 Å². The van der Waals surface area contributed by atoms with Crippen molar-refractivity contribution in [2.75, 3.05) is 27.4 Å². The lowest BCUT2D eigenvalue weighted by Crippen LogP contribution is -2.48. The largest absolute Gasteiger partial charge is 0.493 e. The third-order valence-corrected chi connectivity index (χ3v) is 5.34. The molecule has 0 heterocycles. The second kappa shape index (κ2) is 10.9. The highest BCUT2D eigenvalue weighted by Gasteiger charge is 2.45. The van der Waals surface area contributed by atoms with Gasteiger partial charge < -0.3 is 18.9 Å². The second-order valence-electron chi connectivity index (χ2n) is 7.61. The zero-order chi connectivity index (χ0) is 21.2. The molecule has 2 aromatic carbocycles. The molecule has 6 nitrogen and oxygen atoms in total. The maximum Gasteiger partial charge on any atom is 0.235 e. The molecule has 0 saturated heterocycles. The molecule has 6 heteroatoms. The number of methoxy groups -OCH3 is 2. The van der Waals surface area contributed by atoms with E-state index in [2.05, 4.69) is 4.99 Å². The van der Waals surface area contributed by atoms with Crippen molar-refractivity contribution >= 4 is 6.08 Å². The van der Waals surface area contributed by atoms with Crippen molar-refractivity contribution in [1.82, 2.24) is 0 Å². The van der Waals surface area contributed by atoms with Crippen molar-refractivity contribution < 1.29 is 23.7 Å². The Balaban J connectivity index is 1.60. The number of isocyanates is 1. The molecule has 0 bridgehead atoms. The summed E-state index contributed by atoms with van der Waals surface area (Å²) in [5.41, 5.74) is 1.71. The average molecular weight is 411 g/mol. The van der Waals surface area contributed by atoms with Crippen LogP contribution in [0.2, 0.25) is 0 Å². The summed E-state index contributed by atoms with van der Waals surface area (Å²) in [6.07, 6.45) is 4.67. The number of aliphatic imine (C=N–C) groups is 1. The number of hydrogen-bond donors (Lipinski definition) is 0. The summed E-state index contributed by atoms with van der Waals surface area (Å²) in [6, 6.07) is 15.9. The van der Waals surface area contributed by atoms with Crippen molar-refractivity contribution in [2.45, 2.75) is 43.9 Å². The molecular weight excluding hydrogens is 382 g/mol. The fourth-order valence-electron chi connectivity index (χ4n) is 3.78. The van der Waals surface area contributed by atoms with E-state index in [1.165, 1.54) is 0 Å². The van der Waals surface area contributed by atoms with Crippen LogP contribution in [0.5, 0.6) is 11.5 Å². The van der Waals surface area contributed by atoms with E-state index >= 15 is 0 Å². The van der Waals surface area contributed by atoms with Gasteiger partial charge in [0, 0.05) is 33.0 Å². The van der Waals surface area contributed by atoms with Gasteiger partial charge in [-0.15, -0.1) is 0 Å². The molecule has 0 amide bonds. The van der Waals surface area contributed by atoms with E-state index in [-0.39, 0.29) is 6.10 Å². The van der Waals surface area contributed by atoms with Crippen molar-refractivity contribution in [1.29, 1.82) is 0 Å². The van der Waals surface area contributed by atoms with Gasteiger partial charge in [0.2, 0.25) is 6.08 Å². The molecule has 30 heavy (non-hydrogen) atoms. The lowest BCUT2D eigenvalue weighted by atomic mass is 9.71. The van der Waals surface area contributed by atoms with Gasteiger partial charge in [-0.05, 0) is 29.7 Å². The van der Waals surface area contributed by atoms with Crippen molar-refractivity contribution in [2.24, 2.45) is 4.99 Å². The molecule has 1 saturated carbocycles. The van der Waals surface area contributed by atoms with Crippen LogP contribution in [0.25, 0.3) is 0 Å². The predicted octanol–water partition coefficient (Wildman–Crippen LogP) is 4.11. The quantitative estimate of drug-likeness (QED) is 0.299. The maximum atomic E-state index is 11.1. The molecule has 2 aromatic rings. The molecule has 1 aliphatic carbocycles. The molecule has 1 fully saturated rings. The normalized spacial score (nSPS) is 20.1. The molecule has 3 rings (SSSR count). The molecule has 0 atom stereocenters. The number of rotatable bonds is 12. The molecule has 0 N–H and O–H groups in total. The standard InChI is InChI=1S/C24H29NO5/c1-27-11-6-12-29-23-13-20(9-10-22(23)28-2)14-24(25-18-26)15-21(16-24)30-17-19-7-4-3-5-8-19/h3-5,7-10,13,21H,6,11-12,14-17H2,1-2H3. The van der Waals surface area contributed by atoms with E-state index in [0.29, 0.717) is 50.6 Å². The van der Waals surface area contributed by atoms with Gasteiger partial charge in [0.05, 0.1) is 32.0 Å². The lowest BCUT2D eigenvalue weighted by Gasteiger charge is -2.43. The Hall–Kier alpha value is -2.66. The number of carbonyl (C=O) groups excluding carboxylic acids is 1. The summed E-state index contributed by atoms with van der Waals surface area (Å²) in [5.74, 6) is 1.37. The minimum atomic E-state index is -0.467. The van der Waals surface area contributed by atoms with Crippen LogP contribution in [-0.4, -0.2) is 45.2 Å². The fraction of sp³-hybridized carbons (Fsp3) is 0.458. The molecule has 0 spiro atoms. The third kappa shape index (κ3) is 5.92. The first kappa shape index (κ1) is 22.0. The molecule has 1 aliphatic rings. The number of nitrogens with zero attached hydrogens (tertiary/aromatic N) is 1. The van der Waals surface area contributed by atoms with E-state index < -0.39 is 5.54 Å². The number of hydrogen-bond acceptors (Lipinski definition) is 6. The van der Waals surface area contributed by atoms with Crippen LogP contribution in [0.15, 0.2) is 53.5 Å². The van der Waals surface area contributed by atoms with Crippen LogP contribution in [0.3, 0.4) is 0 Å². The summed E-state index contributed by atoms with van der Waals surface area (Å²) in [6.45, 7) is 1.75. The summed E-state index contributed by atoms with van der Waals surface area (Å²) in [7, 11) is 3.29. The van der Waals surface area contributed by atoms with E-state index in [0.717, 1.165) is 17.5 Å². The Kier molecular flexibility index (Phi) is 8.03. The Morgan fingerprint density at radius 3 is 2.53 bits per heavy atom. The summed E-state index contributed by atoms with van der Waals surface area (Å²) in [4.78, 5) is 15.2. The molecular formula is C24H29NO5. The van der Waals surface area contributed by atoms with E-state index in [1.807, 2.05) is 48.5 Å². The van der Waals surface area contributed by atoms with Crippen molar-refractivity contribution in [3.8, 4) is 11.5 Å². The first-order chi connectivity index (χ1) is 14.7. The first-order valence-corrected chi connectivity index (χ1v) is 10.2. The van der Waals surface area contributed by atoms with Crippen LogP contribution >= 0.6 is 0 Å². The third-order valence-electron chi connectivity index (χ3n) is 5.34. The van der Waals surface area contributed by atoms with Gasteiger partial charge in [-0.1, -0.05) is 36.4 Å².